The van der Waals surface area contributed by atoms with Gasteiger partial charge in [-0.25, -0.2) is 22.5 Å². The molecule has 0 spiro atoms. The molecule has 4 rings (SSSR count). The molecule has 3 N–H and O–H groups in total. The molecule has 1 saturated heterocycles. The maximum Gasteiger partial charge on any atom is 0.257 e. The SMILES string of the molecule is CC(C(=O)Nc1ccc(Oc2c(F)cc(F)cc2CO)cn1)N1CCC(F)(F)[C@@H](c2ccc(=O)[nH]c2)C1. The standard InChI is InChI=1S/C25H24F4N4O4/c1-14(33-7-6-25(28,29)19(12-33)15-2-5-22(35)31-10-15)24(36)32-21-4-3-18(11-30-21)37-23-16(13-34)8-17(26)9-20(23)27/h2-5,8-11,14,19,34H,6-7,12-13H2,1H3,(H,31,35)(H,30,32,36)/t14?,19-/m1/s1. The minimum absolute atomic E-state index is 0.00191. The van der Waals surface area contributed by atoms with Gasteiger partial charge in [0.2, 0.25) is 11.5 Å². The van der Waals surface area contributed by atoms with Gasteiger partial charge in [-0.05, 0) is 30.7 Å². The molecule has 1 unspecified atom stereocenters. The summed E-state index contributed by atoms with van der Waals surface area (Å²) in [6.07, 6.45) is 2.02. The molecule has 37 heavy (non-hydrogen) atoms. The summed E-state index contributed by atoms with van der Waals surface area (Å²) in [5.74, 6) is -6.65. The van der Waals surface area contributed by atoms with Gasteiger partial charge in [-0.2, -0.15) is 0 Å². The quantitative estimate of drug-likeness (QED) is 0.410. The zero-order valence-corrected chi connectivity index (χ0v) is 19.7. The average Bonchev–Trinajstić information content (AvgIpc) is 2.86. The maximum absolute atomic E-state index is 14.6. The number of carbonyl (C=O) groups is 1. The first-order valence-corrected chi connectivity index (χ1v) is 11.4. The first kappa shape index (κ1) is 26.3. The molecule has 0 aliphatic carbocycles. The lowest BCUT2D eigenvalue weighted by atomic mass is 9.87. The van der Waals surface area contributed by atoms with Gasteiger partial charge in [-0.1, -0.05) is 6.07 Å². The average molecular weight is 520 g/mol. The van der Waals surface area contributed by atoms with Crippen LogP contribution < -0.4 is 15.6 Å². The third kappa shape index (κ3) is 5.97. The molecule has 1 aliphatic heterocycles. The number of hydrogen-bond acceptors (Lipinski definition) is 6. The Morgan fingerprint density at radius 3 is 2.73 bits per heavy atom. The number of benzene rings is 1. The molecular weight excluding hydrogens is 496 g/mol. The van der Waals surface area contributed by atoms with Crippen molar-refractivity contribution in [1.29, 1.82) is 0 Å². The highest BCUT2D eigenvalue weighted by Crippen LogP contribution is 2.40. The number of carbonyl (C=O) groups excluding carboxylic acids is 1. The number of likely N-dealkylation sites (tertiary alicyclic amines) is 1. The Morgan fingerprint density at radius 1 is 1.30 bits per heavy atom. The van der Waals surface area contributed by atoms with Crippen LogP contribution in [0.2, 0.25) is 0 Å². The van der Waals surface area contributed by atoms with E-state index in [0.717, 1.165) is 6.07 Å². The van der Waals surface area contributed by atoms with E-state index in [-0.39, 0.29) is 41.5 Å². The van der Waals surface area contributed by atoms with Crippen LogP contribution in [-0.4, -0.2) is 50.9 Å². The highest BCUT2D eigenvalue weighted by molar-refractivity contribution is 5.93. The second kappa shape index (κ2) is 10.7. The van der Waals surface area contributed by atoms with E-state index in [1.807, 2.05) is 0 Å². The monoisotopic (exact) mass is 520 g/mol. The van der Waals surface area contributed by atoms with Crippen molar-refractivity contribution in [3.05, 3.63) is 81.9 Å². The Bertz CT molecular complexity index is 1310. The van der Waals surface area contributed by atoms with Crippen molar-refractivity contribution in [2.45, 2.75) is 37.8 Å². The summed E-state index contributed by atoms with van der Waals surface area (Å²) < 4.78 is 62.1. The summed E-state index contributed by atoms with van der Waals surface area (Å²) in [4.78, 5) is 32.2. The van der Waals surface area contributed by atoms with Crippen LogP contribution in [0.3, 0.4) is 0 Å². The van der Waals surface area contributed by atoms with Gasteiger partial charge >= 0.3 is 0 Å². The Hall–Kier alpha value is -3.77. The molecule has 12 heteroatoms. The van der Waals surface area contributed by atoms with E-state index in [9.17, 15) is 32.3 Å². The number of aromatic amines is 1. The summed E-state index contributed by atoms with van der Waals surface area (Å²) >= 11 is 0. The van der Waals surface area contributed by atoms with Gasteiger partial charge < -0.3 is 20.1 Å². The molecule has 1 aliphatic rings. The summed E-state index contributed by atoms with van der Waals surface area (Å²) in [7, 11) is 0. The number of H-pyrrole nitrogens is 1. The number of halogens is 4. The molecular formula is C25H24F4N4O4. The van der Waals surface area contributed by atoms with Crippen molar-refractivity contribution in [3.8, 4) is 11.5 Å². The zero-order valence-electron chi connectivity index (χ0n) is 19.7. The first-order chi connectivity index (χ1) is 17.6. The van der Waals surface area contributed by atoms with Gasteiger partial charge in [0.15, 0.2) is 11.6 Å². The Balaban J connectivity index is 1.41. The first-order valence-electron chi connectivity index (χ1n) is 11.4. The van der Waals surface area contributed by atoms with Gasteiger partial charge in [0, 0.05) is 43.4 Å². The number of piperidine rings is 1. The third-order valence-corrected chi connectivity index (χ3v) is 6.26. The number of amides is 1. The topological polar surface area (TPSA) is 108 Å². The number of rotatable bonds is 7. The Labute approximate surface area is 208 Å². The predicted octanol–water partition coefficient (Wildman–Crippen LogP) is 3.78. The van der Waals surface area contributed by atoms with Crippen molar-refractivity contribution >= 4 is 11.7 Å². The molecule has 0 radical (unpaired) electrons. The number of aliphatic hydroxyl groups excluding tert-OH is 1. The van der Waals surface area contributed by atoms with E-state index in [4.69, 9.17) is 4.74 Å². The number of anilines is 1. The lowest BCUT2D eigenvalue weighted by Crippen LogP contribution is -2.52. The van der Waals surface area contributed by atoms with Crippen molar-refractivity contribution in [2.24, 2.45) is 0 Å². The van der Waals surface area contributed by atoms with Crippen molar-refractivity contribution in [1.82, 2.24) is 14.9 Å². The van der Waals surface area contributed by atoms with Gasteiger partial charge in [0.25, 0.3) is 5.92 Å². The number of alkyl halides is 2. The number of aliphatic hydroxyl groups is 1. The smallest absolute Gasteiger partial charge is 0.257 e. The summed E-state index contributed by atoms with van der Waals surface area (Å²) in [6, 6.07) is 6.14. The van der Waals surface area contributed by atoms with Crippen molar-refractivity contribution < 1.29 is 32.2 Å². The maximum atomic E-state index is 14.6. The number of hydrogen-bond donors (Lipinski definition) is 3. The lowest BCUT2D eigenvalue weighted by molar-refractivity contribution is -0.125. The van der Waals surface area contributed by atoms with Crippen molar-refractivity contribution in [2.75, 3.05) is 18.4 Å². The zero-order chi connectivity index (χ0) is 26.7. The molecule has 8 nitrogen and oxygen atoms in total. The minimum atomic E-state index is -3.00. The summed E-state index contributed by atoms with van der Waals surface area (Å²) in [5.41, 5.74) is -0.204. The summed E-state index contributed by atoms with van der Waals surface area (Å²) in [5, 5.41) is 11.9. The van der Waals surface area contributed by atoms with E-state index in [1.165, 1.54) is 36.7 Å². The second-order valence-corrected chi connectivity index (χ2v) is 8.73. The fourth-order valence-electron chi connectivity index (χ4n) is 4.14. The number of pyridine rings is 2. The Morgan fingerprint density at radius 2 is 2.08 bits per heavy atom. The van der Waals surface area contributed by atoms with Crippen LogP contribution in [0.5, 0.6) is 11.5 Å². The van der Waals surface area contributed by atoms with Crippen LogP contribution in [0.1, 0.15) is 30.4 Å². The van der Waals surface area contributed by atoms with Crippen LogP contribution in [-0.2, 0) is 11.4 Å². The second-order valence-electron chi connectivity index (χ2n) is 8.73. The third-order valence-electron chi connectivity index (χ3n) is 6.26. The van der Waals surface area contributed by atoms with Crippen molar-refractivity contribution in [3.63, 3.8) is 0 Å². The minimum Gasteiger partial charge on any atom is -0.452 e. The normalized spacial score (nSPS) is 18.3. The van der Waals surface area contributed by atoms with E-state index in [1.54, 1.807) is 11.8 Å². The molecule has 1 amide bonds. The molecule has 0 bridgehead atoms. The van der Waals surface area contributed by atoms with Gasteiger partial charge in [0.1, 0.15) is 17.4 Å². The van der Waals surface area contributed by atoms with E-state index < -0.39 is 54.0 Å². The molecule has 3 heterocycles. The van der Waals surface area contributed by atoms with Crippen LogP contribution in [0.25, 0.3) is 0 Å². The number of nitrogens with one attached hydrogen (secondary N) is 2. The van der Waals surface area contributed by atoms with E-state index >= 15 is 0 Å². The number of ether oxygens (including phenoxy) is 1. The molecule has 1 aromatic carbocycles. The molecule has 2 atom stereocenters. The predicted molar refractivity (Wildman–Crippen MR) is 126 cm³/mol. The van der Waals surface area contributed by atoms with Gasteiger partial charge in [-0.15, -0.1) is 0 Å². The molecule has 2 aromatic heterocycles. The van der Waals surface area contributed by atoms with Crippen LogP contribution >= 0.6 is 0 Å². The highest BCUT2D eigenvalue weighted by Gasteiger charge is 2.46. The van der Waals surface area contributed by atoms with Gasteiger partial charge in [0.05, 0.1) is 24.8 Å². The number of nitrogens with zero attached hydrogens (tertiary/aromatic N) is 2. The van der Waals surface area contributed by atoms with Crippen LogP contribution in [0, 0.1) is 11.6 Å². The van der Waals surface area contributed by atoms with E-state index in [0.29, 0.717) is 6.07 Å². The fourth-order valence-corrected chi connectivity index (χ4v) is 4.14. The lowest BCUT2D eigenvalue weighted by Gasteiger charge is -2.40. The molecule has 1 fully saturated rings. The number of aromatic nitrogens is 2. The largest absolute Gasteiger partial charge is 0.452 e. The fraction of sp³-hybridized carbons (Fsp3) is 0.320. The Kier molecular flexibility index (Phi) is 7.60. The van der Waals surface area contributed by atoms with E-state index in [2.05, 4.69) is 15.3 Å². The van der Waals surface area contributed by atoms with Gasteiger partial charge in [-0.3, -0.25) is 14.5 Å². The van der Waals surface area contributed by atoms with Crippen LogP contribution in [0.15, 0.2) is 53.6 Å². The summed E-state index contributed by atoms with van der Waals surface area (Å²) in [6.45, 7) is 0.852. The molecule has 196 valence electrons. The molecule has 3 aromatic rings. The molecule has 0 saturated carbocycles. The highest BCUT2D eigenvalue weighted by atomic mass is 19.3. The van der Waals surface area contributed by atoms with Crippen LogP contribution in [0.4, 0.5) is 23.4 Å².